The molecule has 0 amide bonds. The molecule has 3 heteroatoms. The molecule has 1 aromatic rings. The quantitative estimate of drug-likeness (QED) is 0.457. The van der Waals surface area contributed by atoms with E-state index in [1.807, 2.05) is 20.0 Å². The predicted molar refractivity (Wildman–Crippen MR) is 51.2 cm³/mol. The monoisotopic (exact) mass is 162 g/mol. The van der Waals surface area contributed by atoms with Gasteiger partial charge in [-0.2, -0.15) is 0 Å². The van der Waals surface area contributed by atoms with E-state index in [1.165, 1.54) is 6.92 Å². The van der Waals surface area contributed by atoms with Gasteiger partial charge in [0.05, 0.1) is 12.7 Å². The highest BCUT2D eigenvalue weighted by Gasteiger charge is 2.06. The lowest BCUT2D eigenvalue weighted by Gasteiger charge is -2.05. The number of benzene rings is 1. The lowest BCUT2D eigenvalue weighted by atomic mass is 9.94. The fourth-order valence-electron chi connectivity index (χ4n) is 1.09. The molecule has 12 heavy (non-hydrogen) atoms. The van der Waals surface area contributed by atoms with Gasteiger partial charge < -0.3 is 4.74 Å². The molecular formula is C9H11BO2. The molecule has 0 aliphatic carbocycles. The zero-order chi connectivity index (χ0) is 9.14. The van der Waals surface area contributed by atoms with E-state index >= 15 is 0 Å². The van der Waals surface area contributed by atoms with Crippen molar-refractivity contribution >= 4 is 19.1 Å². The zero-order valence-corrected chi connectivity index (χ0v) is 7.55. The fourth-order valence-corrected chi connectivity index (χ4v) is 1.09. The summed E-state index contributed by atoms with van der Waals surface area (Å²) in [4.78, 5) is 11.1. The number of rotatable bonds is 2. The largest absolute Gasteiger partial charge is 0.496 e. The topological polar surface area (TPSA) is 26.3 Å². The summed E-state index contributed by atoms with van der Waals surface area (Å²) in [5.74, 6) is 0.689. The first-order valence-corrected chi connectivity index (χ1v) is 3.80. The molecule has 0 spiro atoms. The molecule has 0 aliphatic heterocycles. The third kappa shape index (κ3) is 1.67. The van der Waals surface area contributed by atoms with Crippen LogP contribution in [0.5, 0.6) is 5.75 Å². The molecule has 0 atom stereocenters. The number of carbonyl (C=O) groups excluding carboxylic acids is 1. The Hall–Kier alpha value is -1.25. The third-order valence-corrected chi connectivity index (χ3v) is 1.74. The van der Waals surface area contributed by atoms with Crippen molar-refractivity contribution < 1.29 is 9.53 Å². The average molecular weight is 162 g/mol. The van der Waals surface area contributed by atoms with E-state index in [1.54, 1.807) is 13.2 Å². The van der Waals surface area contributed by atoms with Gasteiger partial charge in [-0.05, 0) is 19.1 Å². The molecule has 0 fully saturated rings. The van der Waals surface area contributed by atoms with E-state index < -0.39 is 0 Å². The third-order valence-electron chi connectivity index (χ3n) is 1.74. The van der Waals surface area contributed by atoms with Crippen LogP contribution in [0.4, 0.5) is 0 Å². The maximum absolute atomic E-state index is 11.1. The van der Waals surface area contributed by atoms with Crippen LogP contribution in [0.15, 0.2) is 18.2 Å². The first-order valence-electron chi connectivity index (χ1n) is 3.80. The van der Waals surface area contributed by atoms with Crippen molar-refractivity contribution in [1.82, 2.24) is 0 Å². The fraction of sp³-hybridized carbons (Fsp3) is 0.222. The van der Waals surface area contributed by atoms with Crippen LogP contribution in [0.2, 0.25) is 0 Å². The van der Waals surface area contributed by atoms with Gasteiger partial charge in [-0.25, -0.2) is 0 Å². The van der Waals surface area contributed by atoms with Gasteiger partial charge in [0.15, 0.2) is 5.78 Å². The Morgan fingerprint density at radius 2 is 2.17 bits per heavy atom. The summed E-state index contributed by atoms with van der Waals surface area (Å²) in [5.41, 5.74) is 1.74. The maximum atomic E-state index is 11.1. The molecule has 0 N–H and O–H groups in total. The number of ether oxygens (including phenoxy) is 1. The number of hydrogen-bond donors (Lipinski definition) is 0. The molecule has 0 unspecified atom stereocenters. The Morgan fingerprint density at radius 1 is 1.50 bits per heavy atom. The summed E-state index contributed by atoms with van der Waals surface area (Å²) in [6.07, 6.45) is 0. The highest BCUT2D eigenvalue weighted by molar-refractivity contribution is 6.32. The van der Waals surface area contributed by atoms with Crippen LogP contribution in [0.25, 0.3) is 0 Å². The summed E-state index contributed by atoms with van der Waals surface area (Å²) in [6, 6.07) is 5.55. The Labute approximate surface area is 73.0 Å². The molecule has 0 aliphatic rings. The van der Waals surface area contributed by atoms with Gasteiger partial charge in [-0.3, -0.25) is 4.79 Å². The number of methoxy groups -OCH3 is 1. The first-order chi connectivity index (χ1) is 5.65. The van der Waals surface area contributed by atoms with E-state index in [0.29, 0.717) is 11.3 Å². The molecule has 1 aromatic carbocycles. The molecule has 62 valence electrons. The van der Waals surface area contributed by atoms with Crippen molar-refractivity contribution in [2.75, 3.05) is 7.11 Å². The molecule has 1 rings (SSSR count). The minimum Gasteiger partial charge on any atom is -0.496 e. The molecule has 2 nitrogen and oxygen atoms in total. The minimum atomic E-state index is 0.0341. The number of ketones is 1. The second-order valence-electron chi connectivity index (χ2n) is 2.76. The summed E-state index contributed by atoms with van der Waals surface area (Å²) in [7, 11) is 3.54. The maximum Gasteiger partial charge on any atom is 0.163 e. The molecule has 0 radical (unpaired) electrons. The minimum absolute atomic E-state index is 0.0341. The molecule has 0 aromatic heterocycles. The van der Waals surface area contributed by atoms with Crippen molar-refractivity contribution in [3.63, 3.8) is 0 Å². The number of carbonyl (C=O) groups is 1. The SMILES string of the molecule is Bc1ccc(C(C)=O)c(OC)c1. The van der Waals surface area contributed by atoms with Crippen molar-refractivity contribution in [2.24, 2.45) is 0 Å². The first kappa shape index (κ1) is 8.85. The van der Waals surface area contributed by atoms with Crippen LogP contribution in [0.3, 0.4) is 0 Å². The van der Waals surface area contributed by atoms with Crippen LogP contribution in [-0.2, 0) is 0 Å². The lowest BCUT2D eigenvalue weighted by molar-refractivity contribution is 0.101. The van der Waals surface area contributed by atoms with Gasteiger partial charge in [0.25, 0.3) is 0 Å². The highest BCUT2D eigenvalue weighted by Crippen LogP contribution is 2.15. The van der Waals surface area contributed by atoms with Crippen molar-refractivity contribution in [3.05, 3.63) is 23.8 Å². The van der Waals surface area contributed by atoms with E-state index in [0.717, 1.165) is 5.46 Å². The van der Waals surface area contributed by atoms with Crippen LogP contribution < -0.4 is 10.2 Å². The van der Waals surface area contributed by atoms with Gasteiger partial charge in [0.1, 0.15) is 13.6 Å². The molecule has 0 saturated carbocycles. The van der Waals surface area contributed by atoms with Crippen molar-refractivity contribution in [3.8, 4) is 5.75 Å². The Morgan fingerprint density at radius 3 is 2.67 bits per heavy atom. The van der Waals surface area contributed by atoms with E-state index in [-0.39, 0.29) is 5.78 Å². The number of hydrogen-bond acceptors (Lipinski definition) is 2. The summed E-state index contributed by atoms with van der Waals surface area (Å²) < 4.78 is 5.07. The zero-order valence-electron chi connectivity index (χ0n) is 7.55. The molecule has 0 bridgehead atoms. The van der Waals surface area contributed by atoms with Gasteiger partial charge in [0.2, 0.25) is 0 Å². The van der Waals surface area contributed by atoms with E-state index in [2.05, 4.69) is 0 Å². The summed E-state index contributed by atoms with van der Waals surface area (Å²) in [6.45, 7) is 1.53. The van der Waals surface area contributed by atoms with E-state index in [4.69, 9.17) is 4.74 Å². The Bertz CT molecular complexity index is 307. The van der Waals surface area contributed by atoms with Crippen LogP contribution in [0, 0.1) is 0 Å². The summed E-state index contributed by atoms with van der Waals surface area (Å²) >= 11 is 0. The van der Waals surface area contributed by atoms with Gasteiger partial charge >= 0.3 is 0 Å². The highest BCUT2D eigenvalue weighted by atomic mass is 16.5. The van der Waals surface area contributed by atoms with Crippen LogP contribution >= 0.6 is 0 Å². The lowest BCUT2D eigenvalue weighted by Crippen LogP contribution is -2.06. The van der Waals surface area contributed by atoms with Crippen molar-refractivity contribution in [2.45, 2.75) is 6.92 Å². The van der Waals surface area contributed by atoms with Crippen LogP contribution in [0.1, 0.15) is 17.3 Å². The number of Topliss-reactive ketones (excluding diaryl/α,β-unsaturated/α-hetero) is 1. The van der Waals surface area contributed by atoms with Crippen LogP contribution in [-0.4, -0.2) is 20.7 Å². The van der Waals surface area contributed by atoms with Crippen molar-refractivity contribution in [1.29, 1.82) is 0 Å². The normalized spacial score (nSPS) is 9.50. The summed E-state index contributed by atoms with van der Waals surface area (Å²) in [5, 5.41) is 0. The Balaban J connectivity index is 3.20. The van der Waals surface area contributed by atoms with Gasteiger partial charge in [-0.1, -0.05) is 11.5 Å². The standard InChI is InChI=1S/C9H11BO2/c1-6(11)8-4-3-7(10)5-9(8)12-2/h3-5H,10H2,1-2H3. The van der Waals surface area contributed by atoms with Gasteiger partial charge in [0, 0.05) is 0 Å². The second kappa shape index (κ2) is 3.43. The average Bonchev–Trinajstić information content (AvgIpc) is 2.03. The second-order valence-corrected chi connectivity index (χ2v) is 2.76. The van der Waals surface area contributed by atoms with Gasteiger partial charge in [-0.15, -0.1) is 0 Å². The molecular weight excluding hydrogens is 151 g/mol. The Kier molecular flexibility index (Phi) is 2.53. The van der Waals surface area contributed by atoms with E-state index in [9.17, 15) is 4.79 Å². The molecule has 0 saturated heterocycles. The smallest absolute Gasteiger partial charge is 0.163 e. The predicted octanol–water partition coefficient (Wildman–Crippen LogP) is 0.156. The molecule has 0 heterocycles.